The van der Waals surface area contributed by atoms with Gasteiger partial charge in [-0.25, -0.2) is 0 Å². The largest absolute Gasteiger partial charge is 0.454 e. The number of benzene rings is 1. The van der Waals surface area contributed by atoms with E-state index in [9.17, 15) is 0 Å². The molecule has 0 aliphatic carbocycles. The van der Waals surface area contributed by atoms with Gasteiger partial charge in [0, 0.05) is 6.04 Å². The molecule has 0 aromatic heterocycles. The van der Waals surface area contributed by atoms with Crippen LogP contribution in [0.3, 0.4) is 0 Å². The fourth-order valence-corrected chi connectivity index (χ4v) is 1.87. The van der Waals surface area contributed by atoms with Gasteiger partial charge in [-0.1, -0.05) is 12.0 Å². The van der Waals surface area contributed by atoms with E-state index >= 15 is 0 Å². The van der Waals surface area contributed by atoms with Crippen molar-refractivity contribution in [3.05, 3.63) is 23.8 Å². The summed E-state index contributed by atoms with van der Waals surface area (Å²) in [6.07, 6.45) is 6.31. The van der Waals surface area contributed by atoms with Gasteiger partial charge in [-0.2, -0.15) is 0 Å². The summed E-state index contributed by atoms with van der Waals surface area (Å²) in [4.78, 5) is 0. The van der Waals surface area contributed by atoms with Crippen molar-refractivity contribution in [2.24, 2.45) is 0 Å². The molecule has 1 atom stereocenters. The SMILES string of the molecule is C#CC(Cc1ccc2c(c1)OCO2)NC(C)C. The first-order valence-electron chi connectivity index (χ1n) is 5.79. The van der Waals surface area contributed by atoms with Gasteiger partial charge >= 0.3 is 0 Å². The Morgan fingerprint density at radius 1 is 1.35 bits per heavy atom. The van der Waals surface area contributed by atoms with Gasteiger partial charge in [0.25, 0.3) is 0 Å². The third-order valence-corrected chi connectivity index (χ3v) is 2.61. The molecule has 0 amide bonds. The Balaban J connectivity index is 2.05. The third kappa shape index (κ3) is 2.92. The molecule has 1 aromatic carbocycles. The Hall–Kier alpha value is -1.66. The topological polar surface area (TPSA) is 30.5 Å². The highest BCUT2D eigenvalue weighted by molar-refractivity contribution is 5.44. The molecule has 17 heavy (non-hydrogen) atoms. The molecule has 0 bridgehead atoms. The quantitative estimate of drug-likeness (QED) is 0.803. The first-order valence-corrected chi connectivity index (χ1v) is 5.79. The van der Waals surface area contributed by atoms with E-state index in [2.05, 4.69) is 25.1 Å². The molecule has 3 nitrogen and oxygen atoms in total. The molecule has 2 rings (SSSR count). The molecule has 1 unspecified atom stereocenters. The lowest BCUT2D eigenvalue weighted by Crippen LogP contribution is -2.35. The number of hydrogen-bond acceptors (Lipinski definition) is 3. The molecular weight excluding hydrogens is 214 g/mol. The van der Waals surface area contributed by atoms with Crippen LogP contribution in [0.4, 0.5) is 0 Å². The van der Waals surface area contributed by atoms with Gasteiger partial charge in [-0.05, 0) is 38.0 Å². The van der Waals surface area contributed by atoms with Gasteiger partial charge in [0.2, 0.25) is 6.79 Å². The maximum atomic E-state index is 5.51. The van der Waals surface area contributed by atoms with Crippen LogP contribution in [0.2, 0.25) is 0 Å². The van der Waals surface area contributed by atoms with Crippen LogP contribution < -0.4 is 14.8 Å². The summed E-state index contributed by atoms with van der Waals surface area (Å²) in [5.74, 6) is 4.38. The fourth-order valence-electron chi connectivity index (χ4n) is 1.87. The van der Waals surface area contributed by atoms with Crippen molar-refractivity contribution in [3.63, 3.8) is 0 Å². The Kier molecular flexibility index (Phi) is 3.55. The summed E-state index contributed by atoms with van der Waals surface area (Å²) in [6.45, 7) is 4.48. The number of terminal acetylenes is 1. The van der Waals surface area contributed by atoms with Crippen molar-refractivity contribution < 1.29 is 9.47 Å². The van der Waals surface area contributed by atoms with Crippen molar-refractivity contribution in [2.45, 2.75) is 32.4 Å². The Morgan fingerprint density at radius 2 is 2.12 bits per heavy atom. The van der Waals surface area contributed by atoms with Crippen molar-refractivity contribution in [2.75, 3.05) is 6.79 Å². The zero-order valence-corrected chi connectivity index (χ0v) is 10.2. The monoisotopic (exact) mass is 231 g/mol. The van der Waals surface area contributed by atoms with Crippen molar-refractivity contribution in [1.29, 1.82) is 0 Å². The van der Waals surface area contributed by atoms with E-state index < -0.39 is 0 Å². The summed E-state index contributed by atoms with van der Waals surface area (Å²) in [5, 5.41) is 3.34. The van der Waals surface area contributed by atoms with Gasteiger partial charge in [0.1, 0.15) is 0 Å². The average Bonchev–Trinajstić information content (AvgIpc) is 2.74. The van der Waals surface area contributed by atoms with Gasteiger partial charge in [0.05, 0.1) is 6.04 Å². The Morgan fingerprint density at radius 3 is 2.82 bits per heavy atom. The van der Waals surface area contributed by atoms with Crippen LogP contribution >= 0.6 is 0 Å². The molecular formula is C14H17NO2. The minimum Gasteiger partial charge on any atom is -0.454 e. The standard InChI is InChI=1S/C14H17NO2/c1-4-12(15-10(2)3)7-11-5-6-13-14(8-11)17-9-16-13/h1,5-6,8,10,12,15H,7,9H2,2-3H3. The maximum absolute atomic E-state index is 5.51. The number of hydrogen-bond donors (Lipinski definition) is 1. The van der Waals surface area contributed by atoms with E-state index in [1.54, 1.807) is 0 Å². The molecule has 0 saturated carbocycles. The van der Waals surface area contributed by atoms with Crippen LogP contribution in [0.25, 0.3) is 0 Å². The van der Waals surface area contributed by atoms with Crippen LogP contribution in [0, 0.1) is 12.3 Å². The van der Waals surface area contributed by atoms with E-state index in [4.69, 9.17) is 15.9 Å². The molecule has 0 radical (unpaired) electrons. The summed E-state index contributed by atoms with van der Waals surface area (Å²) < 4.78 is 10.6. The molecule has 0 fully saturated rings. The van der Waals surface area contributed by atoms with Crippen LogP contribution in [0.1, 0.15) is 19.4 Å². The highest BCUT2D eigenvalue weighted by atomic mass is 16.7. The fraction of sp³-hybridized carbons (Fsp3) is 0.429. The molecule has 1 aliphatic heterocycles. The minimum atomic E-state index is 0.0513. The summed E-state index contributed by atoms with van der Waals surface area (Å²) in [6, 6.07) is 6.38. The summed E-state index contributed by atoms with van der Waals surface area (Å²) >= 11 is 0. The first kappa shape index (κ1) is 11.8. The Bertz CT molecular complexity index is 434. The van der Waals surface area contributed by atoms with Crippen LogP contribution in [-0.2, 0) is 6.42 Å². The lowest BCUT2D eigenvalue weighted by atomic mass is 10.1. The molecule has 1 aliphatic rings. The molecule has 1 aromatic rings. The molecule has 0 saturated heterocycles. The average molecular weight is 231 g/mol. The zero-order chi connectivity index (χ0) is 12.3. The number of nitrogens with one attached hydrogen (secondary N) is 1. The minimum absolute atomic E-state index is 0.0513. The molecule has 90 valence electrons. The third-order valence-electron chi connectivity index (χ3n) is 2.61. The van der Waals surface area contributed by atoms with Gasteiger partial charge in [-0.15, -0.1) is 6.42 Å². The second-order valence-electron chi connectivity index (χ2n) is 4.43. The lowest BCUT2D eigenvalue weighted by Gasteiger charge is -2.16. The van der Waals surface area contributed by atoms with E-state index in [-0.39, 0.29) is 6.04 Å². The van der Waals surface area contributed by atoms with E-state index in [0.29, 0.717) is 12.8 Å². The van der Waals surface area contributed by atoms with Crippen LogP contribution in [0.5, 0.6) is 11.5 Å². The number of rotatable bonds is 4. The van der Waals surface area contributed by atoms with E-state index in [0.717, 1.165) is 23.5 Å². The highest BCUT2D eigenvalue weighted by Gasteiger charge is 2.15. The normalized spacial score (nSPS) is 14.7. The second kappa shape index (κ2) is 5.11. The second-order valence-corrected chi connectivity index (χ2v) is 4.43. The molecule has 1 N–H and O–H groups in total. The van der Waals surface area contributed by atoms with Crippen molar-refractivity contribution in [3.8, 4) is 23.8 Å². The van der Waals surface area contributed by atoms with Gasteiger partial charge < -0.3 is 14.8 Å². The number of fused-ring (bicyclic) bond motifs is 1. The van der Waals surface area contributed by atoms with Crippen LogP contribution in [-0.4, -0.2) is 18.9 Å². The van der Waals surface area contributed by atoms with Crippen LogP contribution in [0.15, 0.2) is 18.2 Å². The zero-order valence-electron chi connectivity index (χ0n) is 10.2. The summed E-state index contributed by atoms with van der Waals surface area (Å²) in [7, 11) is 0. The van der Waals surface area contributed by atoms with Crippen molar-refractivity contribution >= 4 is 0 Å². The number of ether oxygens (including phenoxy) is 2. The first-order chi connectivity index (χ1) is 8.19. The predicted octanol–water partition coefficient (Wildman–Crippen LogP) is 1.96. The predicted molar refractivity (Wildman–Crippen MR) is 67.2 cm³/mol. The highest BCUT2D eigenvalue weighted by Crippen LogP contribution is 2.32. The molecule has 0 spiro atoms. The van der Waals surface area contributed by atoms with Gasteiger partial charge in [0.15, 0.2) is 11.5 Å². The van der Waals surface area contributed by atoms with E-state index in [1.807, 2.05) is 18.2 Å². The maximum Gasteiger partial charge on any atom is 0.231 e. The molecule has 1 heterocycles. The smallest absolute Gasteiger partial charge is 0.231 e. The Labute approximate surface area is 102 Å². The lowest BCUT2D eigenvalue weighted by molar-refractivity contribution is 0.174. The summed E-state index contributed by atoms with van der Waals surface area (Å²) in [5.41, 5.74) is 1.16. The molecule has 3 heteroatoms. The van der Waals surface area contributed by atoms with E-state index in [1.165, 1.54) is 0 Å². The van der Waals surface area contributed by atoms with Gasteiger partial charge in [-0.3, -0.25) is 0 Å². The van der Waals surface area contributed by atoms with Crippen molar-refractivity contribution in [1.82, 2.24) is 5.32 Å².